The predicted molar refractivity (Wildman–Crippen MR) is 58.1 cm³/mol. The van der Waals surface area contributed by atoms with Crippen LogP contribution in [0.25, 0.3) is 0 Å². The lowest BCUT2D eigenvalue weighted by atomic mass is 10.3. The van der Waals surface area contributed by atoms with Crippen molar-refractivity contribution in [3.05, 3.63) is 37.0 Å². The van der Waals surface area contributed by atoms with Gasteiger partial charge < -0.3 is 10.2 Å². The second-order valence-electron chi connectivity index (χ2n) is 2.88. The van der Waals surface area contributed by atoms with Crippen LogP contribution in [0.3, 0.4) is 0 Å². The molecule has 0 aliphatic carbocycles. The molecule has 14 heavy (non-hydrogen) atoms. The van der Waals surface area contributed by atoms with E-state index in [1.54, 1.807) is 13.0 Å². The summed E-state index contributed by atoms with van der Waals surface area (Å²) in [5.41, 5.74) is 1.02. The second kappa shape index (κ2) is 9.74. The molecule has 0 rings (SSSR count). The molecular weight excluding hydrogens is 180 g/mol. The Labute approximate surface area is 85.1 Å². The summed E-state index contributed by atoms with van der Waals surface area (Å²) >= 11 is 0. The van der Waals surface area contributed by atoms with Crippen LogP contribution >= 0.6 is 0 Å². The molecule has 0 aromatic carbocycles. The molecule has 3 nitrogen and oxygen atoms in total. The molecule has 1 unspecified atom stereocenters. The summed E-state index contributed by atoms with van der Waals surface area (Å²) in [7, 11) is 0. The van der Waals surface area contributed by atoms with E-state index in [4.69, 9.17) is 10.2 Å². The highest BCUT2D eigenvalue weighted by Gasteiger charge is 1.90. The molecule has 0 aromatic heterocycles. The number of hydrogen-bond acceptors (Lipinski definition) is 2. The third-order valence-corrected chi connectivity index (χ3v) is 1.09. The number of carboxylic acid groups (broad SMARTS) is 1. The number of carboxylic acids is 1. The van der Waals surface area contributed by atoms with E-state index in [-0.39, 0.29) is 0 Å². The van der Waals surface area contributed by atoms with E-state index in [9.17, 15) is 4.79 Å². The number of aliphatic carboxylic acids is 1. The number of hydrogen-bond donors (Lipinski definition) is 2. The minimum Gasteiger partial charge on any atom is -0.478 e. The lowest BCUT2D eigenvalue weighted by Crippen LogP contribution is -1.96. The van der Waals surface area contributed by atoms with Crippen LogP contribution in [0, 0.1) is 0 Å². The lowest BCUT2D eigenvalue weighted by Gasteiger charge is -1.93. The van der Waals surface area contributed by atoms with Gasteiger partial charge in [-0.1, -0.05) is 30.9 Å². The van der Waals surface area contributed by atoms with Crippen LogP contribution in [0.15, 0.2) is 37.0 Å². The van der Waals surface area contributed by atoms with E-state index >= 15 is 0 Å². The van der Waals surface area contributed by atoms with E-state index in [0.717, 1.165) is 11.6 Å². The lowest BCUT2D eigenvalue weighted by molar-refractivity contribution is -0.131. The van der Waals surface area contributed by atoms with Gasteiger partial charge in [0.25, 0.3) is 0 Å². The van der Waals surface area contributed by atoms with Crippen molar-refractivity contribution in [1.29, 1.82) is 0 Å². The highest BCUT2D eigenvalue weighted by Crippen LogP contribution is 1.89. The van der Waals surface area contributed by atoms with Crippen molar-refractivity contribution in [2.45, 2.75) is 26.4 Å². The number of allylic oxidation sites excluding steroid dienone is 2. The van der Waals surface area contributed by atoms with Crippen LogP contribution in [0.1, 0.15) is 20.3 Å². The highest BCUT2D eigenvalue weighted by atomic mass is 16.4. The van der Waals surface area contributed by atoms with E-state index in [1.807, 2.05) is 6.92 Å². The van der Waals surface area contributed by atoms with E-state index < -0.39 is 12.1 Å². The SMILES string of the molecule is C=CC(=C)C.CC(O)CC=CC(=O)O. The Morgan fingerprint density at radius 3 is 2.21 bits per heavy atom. The van der Waals surface area contributed by atoms with Gasteiger partial charge in [-0.05, 0) is 20.3 Å². The summed E-state index contributed by atoms with van der Waals surface area (Å²) in [4.78, 5) is 9.81. The first-order chi connectivity index (χ1) is 6.40. The first kappa shape index (κ1) is 15.1. The van der Waals surface area contributed by atoms with Crippen molar-refractivity contribution < 1.29 is 15.0 Å². The molecule has 80 valence electrons. The largest absolute Gasteiger partial charge is 0.478 e. The van der Waals surface area contributed by atoms with E-state index in [2.05, 4.69) is 13.2 Å². The summed E-state index contributed by atoms with van der Waals surface area (Å²) in [6, 6.07) is 0. The molecule has 0 bridgehead atoms. The van der Waals surface area contributed by atoms with Crippen LogP contribution in [0.4, 0.5) is 0 Å². The molecule has 1 atom stereocenters. The van der Waals surface area contributed by atoms with Gasteiger partial charge in [-0.2, -0.15) is 0 Å². The Bertz CT molecular complexity index is 215. The summed E-state index contributed by atoms with van der Waals surface area (Å²) in [6.07, 6.45) is 4.10. The smallest absolute Gasteiger partial charge is 0.327 e. The fraction of sp³-hybridized carbons (Fsp3) is 0.364. The third-order valence-electron chi connectivity index (χ3n) is 1.09. The standard InChI is InChI=1S/C6H10O3.C5H8/c1-5(7)3-2-4-6(8)9;1-4-5(2)3/h2,4-5,7H,3H2,1H3,(H,8,9);4H,1-2H2,3H3. The Morgan fingerprint density at radius 2 is 2.00 bits per heavy atom. The molecule has 0 aromatic rings. The summed E-state index contributed by atoms with van der Waals surface area (Å²) < 4.78 is 0. The van der Waals surface area contributed by atoms with Gasteiger partial charge >= 0.3 is 5.97 Å². The van der Waals surface area contributed by atoms with Crippen LogP contribution in [-0.4, -0.2) is 22.3 Å². The molecule has 0 fully saturated rings. The number of aliphatic hydroxyl groups excluding tert-OH is 1. The Kier molecular flexibility index (Phi) is 10.5. The van der Waals surface area contributed by atoms with Gasteiger partial charge in [-0.25, -0.2) is 4.79 Å². The average Bonchev–Trinajstić information content (AvgIpc) is 2.04. The Hall–Kier alpha value is -1.35. The van der Waals surface area contributed by atoms with E-state index in [1.165, 1.54) is 6.08 Å². The van der Waals surface area contributed by atoms with Crippen molar-refractivity contribution >= 4 is 5.97 Å². The van der Waals surface area contributed by atoms with Crippen molar-refractivity contribution in [3.63, 3.8) is 0 Å². The van der Waals surface area contributed by atoms with Crippen LogP contribution in [-0.2, 0) is 4.79 Å². The molecule has 0 spiro atoms. The minimum absolute atomic E-state index is 0.395. The van der Waals surface area contributed by atoms with Gasteiger partial charge in [-0.3, -0.25) is 0 Å². The highest BCUT2D eigenvalue weighted by molar-refractivity contribution is 5.79. The Balaban J connectivity index is 0. The van der Waals surface area contributed by atoms with Gasteiger partial charge in [0.2, 0.25) is 0 Å². The van der Waals surface area contributed by atoms with Gasteiger partial charge in [0, 0.05) is 6.08 Å². The number of carbonyl (C=O) groups is 1. The summed E-state index contributed by atoms with van der Waals surface area (Å²) in [5.74, 6) is -0.976. The molecule has 0 aliphatic heterocycles. The van der Waals surface area contributed by atoms with Crippen molar-refractivity contribution in [2.24, 2.45) is 0 Å². The Morgan fingerprint density at radius 1 is 1.57 bits per heavy atom. The van der Waals surface area contributed by atoms with E-state index in [0.29, 0.717) is 6.42 Å². The van der Waals surface area contributed by atoms with Crippen molar-refractivity contribution in [1.82, 2.24) is 0 Å². The van der Waals surface area contributed by atoms with Gasteiger partial charge in [0.05, 0.1) is 6.10 Å². The maximum absolute atomic E-state index is 9.81. The minimum atomic E-state index is -0.976. The molecular formula is C11H18O3. The van der Waals surface area contributed by atoms with Crippen LogP contribution < -0.4 is 0 Å². The third kappa shape index (κ3) is 22.4. The molecule has 0 amide bonds. The van der Waals surface area contributed by atoms with Gasteiger partial charge in [-0.15, -0.1) is 0 Å². The van der Waals surface area contributed by atoms with Crippen LogP contribution in [0.2, 0.25) is 0 Å². The fourth-order valence-electron chi connectivity index (χ4n) is 0.366. The molecule has 0 saturated heterocycles. The van der Waals surface area contributed by atoms with Crippen molar-refractivity contribution in [3.8, 4) is 0 Å². The average molecular weight is 198 g/mol. The molecule has 0 saturated carbocycles. The normalized spacial score (nSPS) is 11.4. The molecule has 0 heterocycles. The second-order valence-corrected chi connectivity index (χ2v) is 2.88. The molecule has 2 N–H and O–H groups in total. The number of aliphatic hydroxyl groups is 1. The number of rotatable bonds is 4. The first-order valence-electron chi connectivity index (χ1n) is 4.25. The molecule has 3 heteroatoms. The zero-order valence-electron chi connectivity index (χ0n) is 8.73. The molecule has 0 radical (unpaired) electrons. The fourth-order valence-corrected chi connectivity index (χ4v) is 0.366. The summed E-state index contributed by atoms with van der Waals surface area (Å²) in [6.45, 7) is 10.5. The maximum Gasteiger partial charge on any atom is 0.327 e. The molecule has 0 aliphatic rings. The van der Waals surface area contributed by atoms with Crippen LogP contribution in [0.5, 0.6) is 0 Å². The quantitative estimate of drug-likeness (QED) is 0.537. The maximum atomic E-state index is 9.81. The predicted octanol–water partition coefficient (Wildman–Crippen LogP) is 2.15. The van der Waals surface area contributed by atoms with Gasteiger partial charge in [0.1, 0.15) is 0 Å². The van der Waals surface area contributed by atoms with Crippen molar-refractivity contribution in [2.75, 3.05) is 0 Å². The topological polar surface area (TPSA) is 57.5 Å². The first-order valence-corrected chi connectivity index (χ1v) is 4.25. The summed E-state index contributed by atoms with van der Waals surface area (Å²) in [5, 5.41) is 16.7. The van der Waals surface area contributed by atoms with Gasteiger partial charge in [0.15, 0.2) is 0 Å². The zero-order chi connectivity index (χ0) is 11.6. The monoisotopic (exact) mass is 198 g/mol. The zero-order valence-corrected chi connectivity index (χ0v) is 8.73.